The monoisotopic (exact) mass is 371 g/mol. The third kappa shape index (κ3) is 5.20. The topological polar surface area (TPSA) is 44.8 Å². The fourth-order valence-corrected chi connectivity index (χ4v) is 3.24. The predicted octanol–water partition coefficient (Wildman–Crippen LogP) is 2.32. The first-order chi connectivity index (χ1) is 13.2. The van der Waals surface area contributed by atoms with Crippen molar-refractivity contribution in [3.05, 3.63) is 59.9 Å². The first-order valence-corrected chi connectivity index (χ1v) is 9.28. The number of carbonyl (C=O) groups excluding carboxylic acids is 1. The molecule has 5 nitrogen and oxygen atoms in total. The van der Waals surface area contributed by atoms with Crippen molar-refractivity contribution < 1.29 is 13.9 Å². The van der Waals surface area contributed by atoms with E-state index in [9.17, 15) is 9.18 Å². The van der Waals surface area contributed by atoms with Gasteiger partial charge in [-0.3, -0.25) is 4.79 Å². The van der Waals surface area contributed by atoms with Crippen molar-refractivity contribution in [2.45, 2.75) is 6.42 Å². The second kappa shape index (κ2) is 9.37. The number of methoxy groups -OCH3 is 1. The highest BCUT2D eigenvalue weighted by atomic mass is 19.1. The van der Waals surface area contributed by atoms with Gasteiger partial charge in [-0.05, 0) is 42.8 Å². The van der Waals surface area contributed by atoms with Crippen LogP contribution >= 0.6 is 0 Å². The molecule has 0 aliphatic carbocycles. The van der Waals surface area contributed by atoms with E-state index in [1.807, 2.05) is 40.1 Å². The quantitative estimate of drug-likeness (QED) is 0.759. The Hall–Kier alpha value is -2.60. The van der Waals surface area contributed by atoms with Crippen molar-refractivity contribution in [2.24, 2.45) is 0 Å². The normalized spacial score (nSPS) is 14.3. The molecule has 3 rings (SSSR count). The van der Waals surface area contributed by atoms with Gasteiger partial charge in [0.25, 0.3) is 0 Å². The number of nitrogens with one attached hydrogen (secondary N) is 1. The van der Waals surface area contributed by atoms with Gasteiger partial charge < -0.3 is 19.9 Å². The zero-order valence-electron chi connectivity index (χ0n) is 15.7. The van der Waals surface area contributed by atoms with Gasteiger partial charge in [0, 0.05) is 26.2 Å². The van der Waals surface area contributed by atoms with E-state index < -0.39 is 0 Å². The SMILES string of the molecule is COc1ccc(CCNCC(=O)N2CCN(c3ccccc3F)CC2)cc1. The molecule has 0 unspecified atom stereocenters. The molecule has 1 heterocycles. The van der Waals surface area contributed by atoms with Crippen molar-refractivity contribution >= 4 is 11.6 Å². The van der Waals surface area contributed by atoms with Crippen LogP contribution in [0.3, 0.4) is 0 Å². The zero-order valence-corrected chi connectivity index (χ0v) is 15.7. The van der Waals surface area contributed by atoms with E-state index in [1.54, 1.807) is 19.2 Å². The fraction of sp³-hybridized carbons (Fsp3) is 0.381. The highest BCUT2D eigenvalue weighted by molar-refractivity contribution is 5.78. The average Bonchev–Trinajstić information content (AvgIpc) is 2.72. The molecule has 1 amide bonds. The van der Waals surface area contributed by atoms with Gasteiger partial charge in [-0.1, -0.05) is 24.3 Å². The van der Waals surface area contributed by atoms with Crippen LogP contribution < -0.4 is 15.0 Å². The first kappa shape index (κ1) is 19.2. The summed E-state index contributed by atoms with van der Waals surface area (Å²) in [4.78, 5) is 16.2. The van der Waals surface area contributed by atoms with Crippen LogP contribution in [-0.2, 0) is 11.2 Å². The second-order valence-corrected chi connectivity index (χ2v) is 6.59. The number of anilines is 1. The van der Waals surface area contributed by atoms with Gasteiger partial charge in [-0.25, -0.2) is 4.39 Å². The number of para-hydroxylation sites is 1. The number of hydrogen-bond donors (Lipinski definition) is 1. The molecule has 0 spiro atoms. The summed E-state index contributed by atoms with van der Waals surface area (Å²) in [5.74, 6) is 0.729. The number of piperazine rings is 1. The molecule has 1 aliphatic rings. The smallest absolute Gasteiger partial charge is 0.236 e. The predicted molar refractivity (Wildman–Crippen MR) is 105 cm³/mol. The molecule has 1 fully saturated rings. The van der Waals surface area contributed by atoms with E-state index in [1.165, 1.54) is 11.6 Å². The molecule has 1 saturated heterocycles. The van der Waals surface area contributed by atoms with Gasteiger partial charge in [-0.15, -0.1) is 0 Å². The van der Waals surface area contributed by atoms with Crippen LogP contribution in [0.1, 0.15) is 5.56 Å². The number of carbonyl (C=O) groups is 1. The molecule has 1 aliphatic heterocycles. The fourth-order valence-electron chi connectivity index (χ4n) is 3.24. The lowest BCUT2D eigenvalue weighted by Crippen LogP contribution is -2.51. The summed E-state index contributed by atoms with van der Waals surface area (Å²) >= 11 is 0. The Morgan fingerprint density at radius 3 is 2.44 bits per heavy atom. The van der Waals surface area contributed by atoms with E-state index >= 15 is 0 Å². The summed E-state index contributed by atoms with van der Waals surface area (Å²) in [6.45, 7) is 3.61. The van der Waals surface area contributed by atoms with Crippen LogP contribution in [0.15, 0.2) is 48.5 Å². The van der Waals surface area contributed by atoms with Gasteiger partial charge in [0.05, 0.1) is 19.3 Å². The Kier molecular flexibility index (Phi) is 6.65. The third-order valence-electron chi connectivity index (χ3n) is 4.85. The summed E-state index contributed by atoms with van der Waals surface area (Å²) < 4.78 is 19.0. The summed E-state index contributed by atoms with van der Waals surface area (Å²) in [6, 6.07) is 14.7. The lowest BCUT2D eigenvalue weighted by atomic mass is 10.1. The number of halogens is 1. The molecule has 2 aromatic rings. The van der Waals surface area contributed by atoms with Gasteiger partial charge in [0.2, 0.25) is 5.91 Å². The molecular weight excluding hydrogens is 345 g/mol. The van der Waals surface area contributed by atoms with Crippen LogP contribution in [0.5, 0.6) is 5.75 Å². The molecule has 2 aromatic carbocycles. The van der Waals surface area contributed by atoms with Gasteiger partial charge in [0.1, 0.15) is 11.6 Å². The molecule has 0 bridgehead atoms. The number of rotatable bonds is 7. The maximum absolute atomic E-state index is 13.9. The van der Waals surface area contributed by atoms with Crippen molar-refractivity contribution in [1.29, 1.82) is 0 Å². The summed E-state index contributed by atoms with van der Waals surface area (Å²) in [7, 11) is 1.65. The lowest BCUT2D eigenvalue weighted by Gasteiger charge is -2.36. The Labute approximate surface area is 159 Å². The molecule has 1 N–H and O–H groups in total. The zero-order chi connectivity index (χ0) is 19.1. The van der Waals surface area contributed by atoms with Crippen LogP contribution in [0.4, 0.5) is 10.1 Å². The molecule has 0 atom stereocenters. The van der Waals surface area contributed by atoms with Crippen LogP contribution in [0.25, 0.3) is 0 Å². The van der Waals surface area contributed by atoms with E-state index in [4.69, 9.17) is 4.74 Å². The van der Waals surface area contributed by atoms with Crippen LogP contribution in [0.2, 0.25) is 0 Å². The Morgan fingerprint density at radius 1 is 1.07 bits per heavy atom. The summed E-state index contributed by atoms with van der Waals surface area (Å²) in [5.41, 5.74) is 1.82. The van der Waals surface area contributed by atoms with Gasteiger partial charge >= 0.3 is 0 Å². The number of hydrogen-bond acceptors (Lipinski definition) is 4. The minimum absolute atomic E-state index is 0.0953. The number of nitrogens with zero attached hydrogens (tertiary/aromatic N) is 2. The third-order valence-corrected chi connectivity index (χ3v) is 4.85. The lowest BCUT2D eigenvalue weighted by molar-refractivity contribution is -0.130. The van der Waals surface area contributed by atoms with Crippen LogP contribution in [-0.4, -0.2) is 57.2 Å². The van der Waals surface area contributed by atoms with Crippen molar-refractivity contribution in [1.82, 2.24) is 10.2 Å². The highest BCUT2D eigenvalue weighted by Gasteiger charge is 2.22. The standard InChI is InChI=1S/C21H26FN3O2/c1-27-18-8-6-17(7-9-18)10-11-23-16-21(26)25-14-12-24(13-15-25)20-5-3-2-4-19(20)22/h2-9,23H,10-16H2,1H3. The molecule has 6 heteroatoms. The first-order valence-electron chi connectivity index (χ1n) is 9.28. The van der Waals surface area contributed by atoms with Crippen molar-refractivity contribution in [2.75, 3.05) is 51.3 Å². The molecule has 0 aromatic heterocycles. The minimum Gasteiger partial charge on any atom is -0.497 e. The van der Waals surface area contributed by atoms with E-state index in [2.05, 4.69) is 5.32 Å². The molecule has 0 saturated carbocycles. The average molecular weight is 371 g/mol. The van der Waals surface area contributed by atoms with E-state index in [0.29, 0.717) is 38.4 Å². The van der Waals surface area contributed by atoms with E-state index in [0.717, 1.165) is 18.7 Å². The highest BCUT2D eigenvalue weighted by Crippen LogP contribution is 2.20. The minimum atomic E-state index is -0.211. The van der Waals surface area contributed by atoms with Crippen LogP contribution in [0, 0.1) is 5.82 Å². The number of benzene rings is 2. The Balaban J connectivity index is 1.37. The second-order valence-electron chi connectivity index (χ2n) is 6.59. The summed E-state index contributed by atoms with van der Waals surface area (Å²) in [6.07, 6.45) is 0.859. The Morgan fingerprint density at radius 2 is 1.78 bits per heavy atom. The maximum Gasteiger partial charge on any atom is 0.236 e. The van der Waals surface area contributed by atoms with Crippen molar-refractivity contribution in [3.63, 3.8) is 0 Å². The van der Waals surface area contributed by atoms with Gasteiger partial charge in [-0.2, -0.15) is 0 Å². The van der Waals surface area contributed by atoms with Gasteiger partial charge in [0.15, 0.2) is 0 Å². The number of ether oxygens (including phenoxy) is 1. The van der Waals surface area contributed by atoms with Crippen molar-refractivity contribution in [3.8, 4) is 5.75 Å². The molecule has 144 valence electrons. The van der Waals surface area contributed by atoms with E-state index in [-0.39, 0.29) is 11.7 Å². The Bertz CT molecular complexity index is 743. The maximum atomic E-state index is 13.9. The summed E-state index contributed by atoms with van der Waals surface area (Å²) in [5, 5.41) is 3.22. The largest absolute Gasteiger partial charge is 0.497 e. The molecule has 0 radical (unpaired) electrons. The molecular formula is C21H26FN3O2. The molecule has 27 heavy (non-hydrogen) atoms. The number of amides is 1.